The Morgan fingerprint density at radius 2 is 1.68 bits per heavy atom. The molecular weight excluding hydrogens is 472 g/mol. The maximum Gasteiger partial charge on any atom is 0.328 e. The predicted octanol–water partition coefficient (Wildman–Crippen LogP) is 6.14. The number of unbranched alkanes of at least 4 members (excludes halogenated alkanes) is 2. The summed E-state index contributed by atoms with van der Waals surface area (Å²) in [6, 6.07) is 0. The van der Waals surface area contributed by atoms with Crippen LogP contribution in [0.3, 0.4) is 0 Å². The van der Waals surface area contributed by atoms with Crippen LogP contribution in [-0.2, 0) is 23.9 Å². The molecule has 0 heterocycles. The molecule has 1 fully saturated rings. The second kappa shape index (κ2) is 13.6. The number of hydrogen-bond donors (Lipinski definition) is 2. The maximum absolute atomic E-state index is 12.7. The molecule has 7 heteroatoms. The van der Waals surface area contributed by atoms with E-state index in [0.717, 1.165) is 43.3 Å². The van der Waals surface area contributed by atoms with E-state index < -0.39 is 23.6 Å². The SMILES string of the molecule is CCCCC(=O)OCC1(C)C(OC(=O)CCCC)CCC2(C)C(CCC(C)=CC(=O)O)=C(C)CC(O)C21. The Balaban J connectivity index is 2.41. The molecule has 5 unspecified atom stereocenters. The quantitative estimate of drug-likeness (QED) is 0.171. The summed E-state index contributed by atoms with van der Waals surface area (Å²) in [6.45, 7) is 12.2. The number of carbonyl (C=O) groups is 3. The highest BCUT2D eigenvalue weighted by Crippen LogP contribution is 2.61. The molecule has 2 aliphatic carbocycles. The molecule has 0 aromatic heterocycles. The third-order valence-corrected chi connectivity index (χ3v) is 8.59. The summed E-state index contributed by atoms with van der Waals surface area (Å²) in [7, 11) is 0. The summed E-state index contributed by atoms with van der Waals surface area (Å²) in [6.07, 6.45) is 7.28. The van der Waals surface area contributed by atoms with Crippen molar-refractivity contribution >= 4 is 17.9 Å². The molecule has 5 atom stereocenters. The fraction of sp³-hybridized carbons (Fsp3) is 0.767. The number of fused-ring (bicyclic) bond motifs is 1. The lowest BCUT2D eigenvalue weighted by Crippen LogP contribution is -2.61. The lowest BCUT2D eigenvalue weighted by Gasteiger charge is -2.59. The molecule has 0 aromatic rings. The second-order valence-corrected chi connectivity index (χ2v) is 11.6. The number of carboxylic acid groups (broad SMARTS) is 1. The maximum atomic E-state index is 12.7. The number of aliphatic carboxylic acids is 1. The molecule has 1 saturated carbocycles. The average molecular weight is 521 g/mol. The number of hydrogen-bond acceptors (Lipinski definition) is 6. The molecule has 7 nitrogen and oxygen atoms in total. The Morgan fingerprint density at radius 1 is 1.05 bits per heavy atom. The first-order valence-corrected chi connectivity index (χ1v) is 14.0. The zero-order chi connectivity index (χ0) is 27.8. The van der Waals surface area contributed by atoms with Gasteiger partial charge in [0.05, 0.1) is 6.10 Å². The van der Waals surface area contributed by atoms with Gasteiger partial charge >= 0.3 is 17.9 Å². The van der Waals surface area contributed by atoms with Crippen molar-refractivity contribution in [3.05, 3.63) is 22.8 Å². The number of ether oxygens (including phenoxy) is 2. The fourth-order valence-corrected chi connectivity index (χ4v) is 6.74. The van der Waals surface area contributed by atoms with Crippen molar-refractivity contribution in [1.29, 1.82) is 0 Å². The van der Waals surface area contributed by atoms with Gasteiger partial charge in [0.15, 0.2) is 0 Å². The van der Waals surface area contributed by atoms with E-state index >= 15 is 0 Å². The molecule has 2 rings (SSSR count). The van der Waals surface area contributed by atoms with Gasteiger partial charge in [-0.15, -0.1) is 0 Å². The van der Waals surface area contributed by atoms with Crippen LogP contribution in [0.5, 0.6) is 0 Å². The molecule has 0 saturated heterocycles. The minimum Gasteiger partial charge on any atom is -0.478 e. The molecule has 2 N–H and O–H groups in total. The molecule has 210 valence electrons. The first-order chi connectivity index (χ1) is 17.4. The standard InChI is InChI=1S/C30H48O7/c1-7-9-11-26(34)36-19-30(6)24(37-27(35)12-10-8-2)15-16-29(5)22(14-13-20(3)17-25(32)33)21(4)18-23(31)28(29)30/h17,23-24,28,31H,7-16,18-19H2,1-6H3,(H,32,33). The lowest BCUT2D eigenvalue weighted by molar-refractivity contribution is -0.197. The highest BCUT2D eigenvalue weighted by molar-refractivity contribution is 5.80. The van der Waals surface area contributed by atoms with Crippen LogP contribution in [0.1, 0.15) is 112 Å². The molecule has 37 heavy (non-hydrogen) atoms. The van der Waals surface area contributed by atoms with Crippen LogP contribution in [0.4, 0.5) is 0 Å². The summed E-state index contributed by atoms with van der Waals surface area (Å²) in [5, 5.41) is 20.6. The third-order valence-electron chi connectivity index (χ3n) is 8.59. The first kappa shape index (κ1) is 31.1. The van der Waals surface area contributed by atoms with E-state index in [0.29, 0.717) is 38.5 Å². The van der Waals surface area contributed by atoms with Crippen LogP contribution in [0.25, 0.3) is 0 Å². The molecule has 0 radical (unpaired) electrons. The van der Waals surface area contributed by atoms with E-state index in [4.69, 9.17) is 14.6 Å². The van der Waals surface area contributed by atoms with Crippen molar-refractivity contribution in [3.63, 3.8) is 0 Å². The summed E-state index contributed by atoms with van der Waals surface area (Å²) in [5.74, 6) is -1.74. The monoisotopic (exact) mass is 520 g/mol. The first-order valence-electron chi connectivity index (χ1n) is 14.0. The second-order valence-electron chi connectivity index (χ2n) is 11.6. The normalized spacial score (nSPS) is 30.0. The highest BCUT2D eigenvalue weighted by Gasteiger charge is 2.60. The minimum atomic E-state index is -0.950. The highest BCUT2D eigenvalue weighted by atomic mass is 16.6. The zero-order valence-corrected chi connectivity index (χ0v) is 23.7. The Hall–Kier alpha value is -2.15. The number of esters is 2. The van der Waals surface area contributed by atoms with Crippen molar-refractivity contribution < 1.29 is 34.1 Å². The van der Waals surface area contributed by atoms with Gasteiger partial charge in [0, 0.05) is 30.3 Å². The molecule has 0 bridgehead atoms. The van der Waals surface area contributed by atoms with Crippen molar-refractivity contribution in [3.8, 4) is 0 Å². The van der Waals surface area contributed by atoms with Gasteiger partial charge in [0.2, 0.25) is 0 Å². The van der Waals surface area contributed by atoms with Gasteiger partial charge in [-0.05, 0) is 64.2 Å². The van der Waals surface area contributed by atoms with Crippen LogP contribution < -0.4 is 0 Å². The molecule has 0 amide bonds. The molecular formula is C30H48O7. The third kappa shape index (κ3) is 7.68. The van der Waals surface area contributed by atoms with Gasteiger partial charge in [-0.2, -0.15) is 0 Å². The summed E-state index contributed by atoms with van der Waals surface area (Å²) in [5.41, 5.74) is 2.02. The lowest BCUT2D eigenvalue weighted by atomic mass is 9.47. The topological polar surface area (TPSA) is 110 Å². The van der Waals surface area contributed by atoms with Gasteiger partial charge < -0.3 is 19.7 Å². The van der Waals surface area contributed by atoms with Crippen molar-refractivity contribution in [2.75, 3.05) is 6.61 Å². The molecule has 0 spiro atoms. The van der Waals surface area contributed by atoms with E-state index in [1.54, 1.807) is 0 Å². The van der Waals surface area contributed by atoms with E-state index in [1.165, 1.54) is 11.6 Å². The Morgan fingerprint density at radius 3 is 2.27 bits per heavy atom. The average Bonchev–Trinajstić information content (AvgIpc) is 2.81. The van der Waals surface area contributed by atoms with Gasteiger partial charge in [0.25, 0.3) is 0 Å². The van der Waals surface area contributed by atoms with Gasteiger partial charge in [-0.25, -0.2) is 4.79 Å². The van der Waals surface area contributed by atoms with Gasteiger partial charge in [-0.3, -0.25) is 9.59 Å². The molecule has 0 aromatic carbocycles. The van der Waals surface area contributed by atoms with E-state index in [2.05, 4.69) is 13.8 Å². The minimum absolute atomic E-state index is 0.0862. The smallest absolute Gasteiger partial charge is 0.328 e. The molecule has 2 aliphatic rings. The van der Waals surface area contributed by atoms with Crippen molar-refractivity contribution in [2.45, 2.75) is 124 Å². The number of rotatable bonds is 13. The van der Waals surface area contributed by atoms with E-state index in [9.17, 15) is 19.5 Å². The molecule has 0 aliphatic heterocycles. The Bertz CT molecular complexity index is 888. The van der Waals surface area contributed by atoms with Crippen LogP contribution in [0.2, 0.25) is 0 Å². The van der Waals surface area contributed by atoms with E-state index in [-0.39, 0.29) is 29.9 Å². The van der Waals surface area contributed by atoms with Crippen LogP contribution in [-0.4, -0.2) is 46.9 Å². The number of carboxylic acids is 1. The number of aliphatic hydroxyl groups excluding tert-OH is 1. The Kier molecular flexibility index (Phi) is 11.4. The fourth-order valence-electron chi connectivity index (χ4n) is 6.74. The summed E-state index contributed by atoms with van der Waals surface area (Å²) < 4.78 is 11.8. The van der Waals surface area contributed by atoms with Crippen molar-refractivity contribution in [2.24, 2.45) is 16.7 Å². The van der Waals surface area contributed by atoms with Gasteiger partial charge in [0.1, 0.15) is 12.7 Å². The van der Waals surface area contributed by atoms with Crippen molar-refractivity contribution in [1.82, 2.24) is 0 Å². The summed E-state index contributed by atoms with van der Waals surface area (Å²) >= 11 is 0. The van der Waals surface area contributed by atoms with Crippen LogP contribution in [0.15, 0.2) is 22.8 Å². The Labute approximate surface area is 222 Å². The number of carbonyl (C=O) groups excluding carboxylic acids is 2. The largest absolute Gasteiger partial charge is 0.478 e. The van der Waals surface area contributed by atoms with Crippen LogP contribution in [0, 0.1) is 16.7 Å². The number of aliphatic hydroxyl groups is 1. The number of allylic oxidation sites excluding steroid dienone is 2. The van der Waals surface area contributed by atoms with Gasteiger partial charge in [-0.1, -0.05) is 57.3 Å². The zero-order valence-electron chi connectivity index (χ0n) is 23.7. The van der Waals surface area contributed by atoms with Crippen LogP contribution >= 0.6 is 0 Å². The van der Waals surface area contributed by atoms with E-state index in [1.807, 2.05) is 27.7 Å². The summed E-state index contributed by atoms with van der Waals surface area (Å²) in [4.78, 5) is 36.3. The predicted molar refractivity (Wildman–Crippen MR) is 143 cm³/mol.